The molecule has 1 aromatic heterocycles. The zero-order chi connectivity index (χ0) is 28.3. The Bertz CT molecular complexity index is 1430. The molecule has 0 bridgehead atoms. The number of hydrogen-bond donors (Lipinski definition) is 0. The first-order chi connectivity index (χ1) is 19.3. The van der Waals surface area contributed by atoms with Crippen LogP contribution in [0.2, 0.25) is 5.02 Å². The van der Waals surface area contributed by atoms with E-state index in [1.807, 2.05) is 24.0 Å². The van der Waals surface area contributed by atoms with Crippen molar-refractivity contribution in [1.29, 1.82) is 0 Å². The summed E-state index contributed by atoms with van der Waals surface area (Å²) < 4.78 is 39.8. The molecule has 0 saturated carbocycles. The van der Waals surface area contributed by atoms with E-state index < -0.39 is 10.0 Å². The van der Waals surface area contributed by atoms with Crippen molar-refractivity contribution in [3.05, 3.63) is 47.0 Å². The molecule has 12 heteroatoms. The average molecular weight is 607 g/mol. The Morgan fingerprint density at radius 3 is 2.50 bits per heavy atom. The molecule has 2 fully saturated rings. The van der Waals surface area contributed by atoms with Gasteiger partial charge < -0.3 is 9.47 Å². The Labute approximate surface area is 244 Å². The molecule has 3 aromatic rings. The van der Waals surface area contributed by atoms with Gasteiger partial charge in [-0.05, 0) is 62.1 Å². The predicted molar refractivity (Wildman–Crippen MR) is 158 cm³/mol. The van der Waals surface area contributed by atoms with Gasteiger partial charge in [-0.2, -0.15) is 4.31 Å². The minimum absolute atomic E-state index is 0.00111. The second kappa shape index (κ2) is 12.7. The number of carbonyl (C=O) groups is 1. The summed E-state index contributed by atoms with van der Waals surface area (Å²) in [4.78, 5) is 23.3. The van der Waals surface area contributed by atoms with Gasteiger partial charge in [0.2, 0.25) is 15.9 Å². The third-order valence-corrected chi connectivity index (χ3v) is 11.0. The summed E-state index contributed by atoms with van der Waals surface area (Å²) in [5, 5.41) is 1.14. The Morgan fingerprint density at radius 2 is 1.82 bits per heavy atom. The normalized spacial score (nSPS) is 17.8. The zero-order valence-electron chi connectivity index (χ0n) is 22.8. The number of methoxy groups -OCH3 is 1. The maximum absolute atomic E-state index is 14.0. The molecule has 5 rings (SSSR count). The Balaban J connectivity index is 1.33. The van der Waals surface area contributed by atoms with Crippen LogP contribution in [0, 0.1) is 12.8 Å². The van der Waals surface area contributed by atoms with Gasteiger partial charge >= 0.3 is 0 Å². The molecule has 2 aliphatic heterocycles. The number of thiazole rings is 1. The molecule has 0 spiro atoms. The number of carbonyl (C=O) groups excluding carboxylic acids is 1. The van der Waals surface area contributed by atoms with E-state index in [9.17, 15) is 13.2 Å². The summed E-state index contributed by atoms with van der Waals surface area (Å²) in [6.07, 6.45) is 1.72. The molecule has 1 amide bonds. The van der Waals surface area contributed by atoms with Crippen molar-refractivity contribution in [1.82, 2.24) is 14.2 Å². The monoisotopic (exact) mass is 606 g/mol. The summed E-state index contributed by atoms with van der Waals surface area (Å²) in [6, 6.07) is 10.1. The van der Waals surface area contributed by atoms with Crippen molar-refractivity contribution in [2.45, 2.75) is 31.1 Å². The number of anilines is 1. The second-order valence-electron chi connectivity index (χ2n) is 10.2. The van der Waals surface area contributed by atoms with Gasteiger partial charge in [0.15, 0.2) is 5.13 Å². The maximum Gasteiger partial charge on any atom is 0.243 e. The van der Waals surface area contributed by atoms with Crippen LogP contribution in [-0.2, 0) is 19.6 Å². The van der Waals surface area contributed by atoms with Crippen molar-refractivity contribution in [3.8, 4) is 5.75 Å². The fourth-order valence-electron chi connectivity index (χ4n) is 5.28. The van der Waals surface area contributed by atoms with Crippen LogP contribution in [0.4, 0.5) is 5.13 Å². The standard InChI is InChI=1S/C28H35ClN4O5S2/c1-20-4-9-24(37-2)25-26(20)39-28(30-25)33(13-3-12-31-16-18-38-19-17-31)27(34)21-10-14-32(15-11-21)40(35,36)23-7-5-22(29)6-8-23/h4-9,21H,3,10-19H2,1-2H3. The summed E-state index contributed by atoms with van der Waals surface area (Å²) in [5.74, 6) is 0.404. The number of aromatic nitrogens is 1. The van der Waals surface area contributed by atoms with E-state index in [1.54, 1.807) is 19.2 Å². The Hall–Kier alpha value is -2.28. The van der Waals surface area contributed by atoms with Crippen LogP contribution in [0.5, 0.6) is 5.75 Å². The molecule has 0 N–H and O–H groups in total. The zero-order valence-corrected chi connectivity index (χ0v) is 25.2. The van der Waals surface area contributed by atoms with E-state index in [0.717, 1.165) is 55.0 Å². The number of sulfonamides is 1. The lowest BCUT2D eigenvalue weighted by Gasteiger charge is -2.33. The van der Waals surface area contributed by atoms with E-state index in [-0.39, 0.29) is 29.8 Å². The van der Waals surface area contributed by atoms with Gasteiger partial charge in [0, 0.05) is 50.2 Å². The summed E-state index contributed by atoms with van der Waals surface area (Å²) in [7, 11) is -2.02. The molecule has 2 aliphatic rings. The van der Waals surface area contributed by atoms with E-state index >= 15 is 0 Å². The lowest BCUT2D eigenvalue weighted by molar-refractivity contribution is -0.123. The lowest BCUT2D eigenvalue weighted by Crippen LogP contribution is -2.45. The van der Waals surface area contributed by atoms with E-state index in [1.165, 1.54) is 27.8 Å². The number of halogens is 1. The SMILES string of the molecule is COc1ccc(C)c2sc(N(CCCN3CCOCC3)C(=O)C3CCN(S(=O)(=O)c4ccc(Cl)cc4)CC3)nc12. The molecule has 0 radical (unpaired) electrons. The summed E-state index contributed by atoms with van der Waals surface area (Å²) >= 11 is 7.45. The van der Waals surface area contributed by atoms with Crippen LogP contribution in [0.15, 0.2) is 41.3 Å². The number of rotatable bonds is 9. The van der Waals surface area contributed by atoms with Gasteiger partial charge in [0.25, 0.3) is 0 Å². The molecule has 9 nitrogen and oxygen atoms in total. The number of hydrogen-bond acceptors (Lipinski definition) is 8. The molecular formula is C28H35ClN4O5S2. The van der Waals surface area contributed by atoms with Gasteiger partial charge in [-0.1, -0.05) is 29.0 Å². The topological polar surface area (TPSA) is 92.3 Å². The number of nitrogens with zero attached hydrogens (tertiary/aromatic N) is 4. The maximum atomic E-state index is 14.0. The third-order valence-electron chi connectivity index (χ3n) is 7.62. The highest BCUT2D eigenvalue weighted by Crippen LogP contribution is 2.37. The predicted octanol–water partition coefficient (Wildman–Crippen LogP) is 4.42. The molecular weight excluding hydrogens is 572 g/mol. The van der Waals surface area contributed by atoms with Crippen LogP contribution in [-0.4, -0.2) is 88.1 Å². The Morgan fingerprint density at radius 1 is 1.12 bits per heavy atom. The van der Waals surface area contributed by atoms with Crippen molar-refractivity contribution in [3.63, 3.8) is 0 Å². The fourth-order valence-corrected chi connectivity index (χ4v) is 7.95. The quantitative estimate of drug-likeness (QED) is 0.356. The molecule has 2 aromatic carbocycles. The van der Waals surface area contributed by atoms with Crippen molar-refractivity contribution >= 4 is 54.2 Å². The van der Waals surface area contributed by atoms with Crippen molar-refractivity contribution < 1.29 is 22.7 Å². The summed E-state index contributed by atoms with van der Waals surface area (Å²) in [5.41, 5.74) is 1.85. The highest BCUT2D eigenvalue weighted by Gasteiger charge is 2.35. The molecule has 3 heterocycles. The van der Waals surface area contributed by atoms with Gasteiger partial charge in [-0.25, -0.2) is 13.4 Å². The minimum Gasteiger partial charge on any atom is -0.494 e. The van der Waals surface area contributed by atoms with Gasteiger partial charge in [0.05, 0.1) is 29.9 Å². The van der Waals surface area contributed by atoms with Crippen LogP contribution < -0.4 is 9.64 Å². The van der Waals surface area contributed by atoms with E-state index in [2.05, 4.69) is 4.90 Å². The third kappa shape index (κ3) is 6.29. The molecule has 0 aliphatic carbocycles. The second-order valence-corrected chi connectivity index (χ2v) is 13.5. The van der Waals surface area contributed by atoms with E-state index in [4.69, 9.17) is 26.1 Å². The number of fused-ring (bicyclic) bond motifs is 1. The first-order valence-electron chi connectivity index (χ1n) is 13.6. The molecule has 216 valence electrons. The number of benzene rings is 2. The van der Waals surface area contributed by atoms with Crippen molar-refractivity contribution in [2.75, 3.05) is 64.5 Å². The first kappa shape index (κ1) is 29.2. The smallest absolute Gasteiger partial charge is 0.243 e. The highest BCUT2D eigenvalue weighted by molar-refractivity contribution is 7.89. The number of morpholine rings is 1. The molecule has 40 heavy (non-hydrogen) atoms. The number of amides is 1. The summed E-state index contributed by atoms with van der Waals surface area (Å²) in [6.45, 7) is 7.28. The number of aryl methyl sites for hydroxylation is 1. The van der Waals surface area contributed by atoms with Gasteiger partial charge in [-0.3, -0.25) is 14.6 Å². The lowest BCUT2D eigenvalue weighted by atomic mass is 9.96. The van der Waals surface area contributed by atoms with Crippen LogP contribution in [0.25, 0.3) is 10.2 Å². The van der Waals surface area contributed by atoms with Crippen LogP contribution >= 0.6 is 22.9 Å². The molecule has 0 atom stereocenters. The van der Waals surface area contributed by atoms with Crippen molar-refractivity contribution in [2.24, 2.45) is 5.92 Å². The Kier molecular flexibility index (Phi) is 9.28. The highest BCUT2D eigenvalue weighted by atomic mass is 35.5. The minimum atomic E-state index is -3.65. The number of ether oxygens (including phenoxy) is 2. The van der Waals surface area contributed by atoms with Crippen LogP contribution in [0.1, 0.15) is 24.8 Å². The van der Waals surface area contributed by atoms with Gasteiger partial charge in [-0.15, -0.1) is 0 Å². The average Bonchev–Trinajstić information content (AvgIpc) is 3.42. The molecule has 2 saturated heterocycles. The van der Waals surface area contributed by atoms with Gasteiger partial charge in [0.1, 0.15) is 11.3 Å². The molecule has 0 unspecified atom stereocenters. The van der Waals surface area contributed by atoms with Crippen LogP contribution in [0.3, 0.4) is 0 Å². The number of piperidine rings is 1. The largest absolute Gasteiger partial charge is 0.494 e. The van der Waals surface area contributed by atoms with E-state index in [0.29, 0.717) is 35.3 Å². The first-order valence-corrected chi connectivity index (χ1v) is 16.2. The fraction of sp³-hybridized carbons (Fsp3) is 0.500.